The van der Waals surface area contributed by atoms with Crippen molar-refractivity contribution in [3.8, 4) is 0 Å². The highest BCUT2D eigenvalue weighted by atomic mass is 19.1. The highest BCUT2D eigenvalue weighted by Gasteiger charge is 2.19. The Balaban J connectivity index is 2.08. The number of halogens is 1. The van der Waals surface area contributed by atoms with Gasteiger partial charge < -0.3 is 10.1 Å². The van der Waals surface area contributed by atoms with Crippen LogP contribution >= 0.6 is 0 Å². The lowest BCUT2D eigenvalue weighted by atomic mass is 10.1. The van der Waals surface area contributed by atoms with E-state index in [1.54, 1.807) is 7.05 Å². The summed E-state index contributed by atoms with van der Waals surface area (Å²) in [5.41, 5.74) is 0. The van der Waals surface area contributed by atoms with Crippen LogP contribution in [0.15, 0.2) is 0 Å². The second-order valence-corrected chi connectivity index (χ2v) is 3.03. The van der Waals surface area contributed by atoms with Crippen LogP contribution in [0.5, 0.6) is 0 Å². The molecule has 66 valence electrons. The van der Waals surface area contributed by atoms with Crippen molar-refractivity contribution in [1.29, 1.82) is 0 Å². The van der Waals surface area contributed by atoms with Gasteiger partial charge in [0.2, 0.25) is 0 Å². The van der Waals surface area contributed by atoms with Crippen LogP contribution in [0.3, 0.4) is 0 Å². The normalized spacial score (nSPS) is 27.3. The quantitative estimate of drug-likeness (QED) is 0.667. The van der Waals surface area contributed by atoms with Crippen LogP contribution in [0.4, 0.5) is 4.39 Å². The number of alkyl halides is 1. The smallest absolute Gasteiger partial charge is 0.115 e. The molecule has 3 heteroatoms. The monoisotopic (exact) mass is 161 g/mol. The van der Waals surface area contributed by atoms with Gasteiger partial charge in [-0.2, -0.15) is 0 Å². The molecule has 0 aromatic rings. The molecule has 1 saturated heterocycles. The van der Waals surface area contributed by atoms with E-state index in [1.165, 1.54) is 0 Å². The molecule has 1 aliphatic rings. The summed E-state index contributed by atoms with van der Waals surface area (Å²) in [6.07, 6.45) is 2.11. The van der Waals surface area contributed by atoms with Gasteiger partial charge in [0.05, 0.1) is 6.10 Å². The maximum atomic E-state index is 12.9. The van der Waals surface area contributed by atoms with Crippen molar-refractivity contribution in [2.45, 2.75) is 31.5 Å². The number of hydrogen-bond acceptors (Lipinski definition) is 2. The molecule has 1 heterocycles. The van der Waals surface area contributed by atoms with Gasteiger partial charge in [-0.15, -0.1) is 0 Å². The van der Waals surface area contributed by atoms with Crippen LogP contribution in [0.25, 0.3) is 0 Å². The molecule has 1 fully saturated rings. The molecule has 1 aliphatic heterocycles. The summed E-state index contributed by atoms with van der Waals surface area (Å²) in [4.78, 5) is 0. The molecule has 0 bridgehead atoms. The predicted molar refractivity (Wildman–Crippen MR) is 42.4 cm³/mol. The van der Waals surface area contributed by atoms with Gasteiger partial charge in [-0.05, 0) is 19.9 Å². The molecule has 1 rings (SSSR count). The van der Waals surface area contributed by atoms with Crippen molar-refractivity contribution in [2.75, 3.05) is 20.2 Å². The number of hydrogen-bond donors (Lipinski definition) is 1. The van der Waals surface area contributed by atoms with E-state index in [-0.39, 0.29) is 6.10 Å². The molecule has 11 heavy (non-hydrogen) atoms. The van der Waals surface area contributed by atoms with Crippen LogP contribution in [-0.4, -0.2) is 32.5 Å². The lowest BCUT2D eigenvalue weighted by molar-refractivity contribution is 0.0812. The van der Waals surface area contributed by atoms with Gasteiger partial charge in [-0.25, -0.2) is 4.39 Å². The molecule has 0 saturated carbocycles. The Kier molecular flexibility index (Phi) is 3.80. The second-order valence-electron chi connectivity index (χ2n) is 3.03. The summed E-state index contributed by atoms with van der Waals surface area (Å²) in [6, 6.07) is 0. The Hall–Kier alpha value is -0.150. The highest BCUT2D eigenvalue weighted by Crippen LogP contribution is 2.17. The van der Waals surface area contributed by atoms with E-state index in [9.17, 15) is 4.39 Å². The SMILES string of the molecule is CNC[C@@H](F)C[C@H]1CCCO1. The summed E-state index contributed by atoms with van der Waals surface area (Å²) in [7, 11) is 1.77. The summed E-state index contributed by atoms with van der Waals surface area (Å²) < 4.78 is 18.2. The van der Waals surface area contributed by atoms with E-state index in [4.69, 9.17) is 4.74 Å². The van der Waals surface area contributed by atoms with Crippen molar-refractivity contribution in [2.24, 2.45) is 0 Å². The zero-order valence-corrected chi connectivity index (χ0v) is 6.98. The fraction of sp³-hybridized carbons (Fsp3) is 1.00. The Labute approximate surface area is 67.1 Å². The minimum absolute atomic E-state index is 0.179. The third-order valence-electron chi connectivity index (χ3n) is 1.97. The molecule has 0 aromatic heterocycles. The van der Waals surface area contributed by atoms with Crippen molar-refractivity contribution >= 4 is 0 Å². The maximum absolute atomic E-state index is 12.9. The predicted octanol–water partition coefficient (Wildman–Crippen LogP) is 1.11. The van der Waals surface area contributed by atoms with Gasteiger partial charge in [0.1, 0.15) is 6.17 Å². The third kappa shape index (κ3) is 3.16. The molecule has 2 nitrogen and oxygen atoms in total. The van der Waals surface area contributed by atoms with Crippen molar-refractivity contribution < 1.29 is 9.13 Å². The first-order valence-electron chi connectivity index (χ1n) is 4.23. The van der Waals surface area contributed by atoms with Crippen LogP contribution in [-0.2, 0) is 4.74 Å². The fourth-order valence-electron chi connectivity index (χ4n) is 1.42. The van der Waals surface area contributed by atoms with E-state index in [0.717, 1.165) is 19.4 Å². The zero-order valence-electron chi connectivity index (χ0n) is 6.98. The van der Waals surface area contributed by atoms with Crippen LogP contribution < -0.4 is 5.32 Å². The molecule has 1 N–H and O–H groups in total. The van der Waals surface area contributed by atoms with Gasteiger partial charge in [0, 0.05) is 19.6 Å². The lowest BCUT2D eigenvalue weighted by Gasteiger charge is -2.12. The van der Waals surface area contributed by atoms with Gasteiger partial charge >= 0.3 is 0 Å². The first-order chi connectivity index (χ1) is 5.33. The number of nitrogens with one attached hydrogen (secondary N) is 1. The maximum Gasteiger partial charge on any atom is 0.115 e. The van der Waals surface area contributed by atoms with E-state index >= 15 is 0 Å². The molecule has 0 radical (unpaired) electrons. The van der Waals surface area contributed by atoms with E-state index < -0.39 is 6.17 Å². The van der Waals surface area contributed by atoms with Crippen LogP contribution in [0.2, 0.25) is 0 Å². The molecule has 0 aliphatic carbocycles. The van der Waals surface area contributed by atoms with E-state index in [1.807, 2.05) is 0 Å². The summed E-state index contributed by atoms with van der Waals surface area (Å²) in [5, 5.41) is 2.81. The molecule has 0 unspecified atom stereocenters. The average molecular weight is 161 g/mol. The number of rotatable bonds is 4. The molecule has 2 atom stereocenters. The van der Waals surface area contributed by atoms with E-state index in [2.05, 4.69) is 5.32 Å². The summed E-state index contributed by atoms with van der Waals surface area (Å²) in [5.74, 6) is 0. The minimum Gasteiger partial charge on any atom is -0.378 e. The standard InChI is InChI=1S/C8H16FNO/c1-10-6-7(9)5-8-3-2-4-11-8/h7-8,10H,2-6H2,1H3/t7-,8+/m0/s1. The molecular weight excluding hydrogens is 145 g/mol. The molecule has 0 aromatic carbocycles. The average Bonchev–Trinajstić information content (AvgIpc) is 2.40. The topological polar surface area (TPSA) is 21.3 Å². The summed E-state index contributed by atoms with van der Waals surface area (Å²) >= 11 is 0. The zero-order chi connectivity index (χ0) is 8.10. The Morgan fingerprint density at radius 1 is 1.73 bits per heavy atom. The van der Waals surface area contributed by atoms with Crippen molar-refractivity contribution in [1.82, 2.24) is 5.32 Å². The Bertz CT molecular complexity index is 104. The fourth-order valence-corrected chi connectivity index (χ4v) is 1.42. The van der Waals surface area contributed by atoms with Gasteiger partial charge in [-0.3, -0.25) is 0 Å². The first kappa shape index (κ1) is 8.94. The van der Waals surface area contributed by atoms with Gasteiger partial charge in [-0.1, -0.05) is 0 Å². The summed E-state index contributed by atoms with van der Waals surface area (Å²) in [6.45, 7) is 1.26. The third-order valence-corrected chi connectivity index (χ3v) is 1.97. The van der Waals surface area contributed by atoms with Crippen LogP contribution in [0.1, 0.15) is 19.3 Å². The second kappa shape index (κ2) is 4.67. The van der Waals surface area contributed by atoms with E-state index in [0.29, 0.717) is 13.0 Å². The molecule has 0 spiro atoms. The van der Waals surface area contributed by atoms with Crippen molar-refractivity contribution in [3.05, 3.63) is 0 Å². The van der Waals surface area contributed by atoms with Crippen molar-refractivity contribution in [3.63, 3.8) is 0 Å². The largest absolute Gasteiger partial charge is 0.378 e. The Morgan fingerprint density at radius 3 is 3.09 bits per heavy atom. The first-order valence-corrected chi connectivity index (χ1v) is 4.23. The Morgan fingerprint density at radius 2 is 2.55 bits per heavy atom. The van der Waals surface area contributed by atoms with Gasteiger partial charge in [0.25, 0.3) is 0 Å². The minimum atomic E-state index is -0.747. The van der Waals surface area contributed by atoms with Gasteiger partial charge in [0.15, 0.2) is 0 Å². The number of ether oxygens (including phenoxy) is 1. The molecule has 0 amide bonds. The van der Waals surface area contributed by atoms with Crippen LogP contribution in [0, 0.1) is 0 Å². The highest BCUT2D eigenvalue weighted by molar-refractivity contribution is 4.70. The molecular formula is C8H16FNO. The lowest BCUT2D eigenvalue weighted by Crippen LogP contribution is -2.24.